The Balaban J connectivity index is 1.02. The summed E-state index contributed by atoms with van der Waals surface area (Å²) in [7, 11) is 0. The molecule has 0 unspecified atom stereocenters. The van der Waals surface area contributed by atoms with Crippen LogP contribution in [-0.2, 0) is 0 Å². The van der Waals surface area contributed by atoms with Crippen molar-refractivity contribution in [2.45, 2.75) is 12.8 Å². The number of thiophene rings is 1. The number of rotatable bonds is 8. The van der Waals surface area contributed by atoms with Gasteiger partial charge in [-0.2, -0.15) is 0 Å². The van der Waals surface area contributed by atoms with Gasteiger partial charge in [0.2, 0.25) is 0 Å². The van der Waals surface area contributed by atoms with Gasteiger partial charge in [0.05, 0.1) is 11.0 Å². The lowest BCUT2D eigenvalue weighted by Crippen LogP contribution is -2.16. The monoisotopic (exact) mass is 872 g/mol. The number of benzene rings is 10. The van der Waals surface area contributed by atoms with Gasteiger partial charge in [-0.15, -0.1) is 11.3 Å². The van der Waals surface area contributed by atoms with Crippen LogP contribution in [0.1, 0.15) is 12.8 Å². The van der Waals surface area contributed by atoms with E-state index in [0.717, 1.165) is 29.9 Å². The van der Waals surface area contributed by atoms with Crippen LogP contribution in [0.2, 0.25) is 0 Å². The Labute approximate surface area is 394 Å². The standard InChI is InChI=1S/C64H44N2S/c1-5-16-43(17-6-1)45-28-34-52(35-29-45)65(50-22-9-3-10-23-50)53-36-30-46(31-37-53)48-32-38-60-59(41-48)62-63(66(60)51-24-11-4-12-25-51)57(55-27-15-21-47-20-13-14-26-54(47)55)42-58-56-40-49(44-18-7-2-8-19-44)33-39-61(56)67-64(58)62/h1-2,4-9,11-42H,3,10H2. The number of hydrogen-bond donors (Lipinski definition) is 0. The molecule has 2 aromatic heterocycles. The third kappa shape index (κ3) is 6.78. The van der Waals surface area contributed by atoms with Gasteiger partial charge in [0.25, 0.3) is 0 Å². The molecule has 13 rings (SSSR count). The molecular weight excluding hydrogens is 829 g/mol. The number of hydrogen-bond acceptors (Lipinski definition) is 2. The summed E-state index contributed by atoms with van der Waals surface area (Å²) < 4.78 is 5.12. The maximum atomic E-state index is 2.51. The van der Waals surface area contributed by atoms with Crippen molar-refractivity contribution in [3.63, 3.8) is 0 Å². The Morgan fingerprint density at radius 2 is 1.00 bits per heavy atom. The number of allylic oxidation sites excluding steroid dienone is 3. The first-order chi connectivity index (χ1) is 33.2. The van der Waals surface area contributed by atoms with Crippen LogP contribution in [0.25, 0.3) is 103 Å². The van der Waals surface area contributed by atoms with Gasteiger partial charge in [0, 0.05) is 59.3 Å². The lowest BCUT2D eigenvalue weighted by molar-refractivity contribution is 0.997. The number of aromatic nitrogens is 1. The number of anilines is 2. The molecule has 0 bridgehead atoms. The molecule has 0 spiro atoms. The van der Waals surface area contributed by atoms with Crippen LogP contribution in [0.3, 0.4) is 0 Å². The fourth-order valence-electron chi connectivity index (χ4n) is 10.4. The third-order valence-electron chi connectivity index (χ3n) is 13.6. The highest BCUT2D eigenvalue weighted by atomic mass is 32.1. The Kier molecular flexibility index (Phi) is 9.54. The van der Waals surface area contributed by atoms with Gasteiger partial charge in [-0.25, -0.2) is 0 Å². The predicted octanol–water partition coefficient (Wildman–Crippen LogP) is 18.3. The molecule has 1 aliphatic carbocycles. The normalized spacial score (nSPS) is 12.7. The van der Waals surface area contributed by atoms with Gasteiger partial charge in [-0.05, 0) is 135 Å². The zero-order valence-corrected chi connectivity index (χ0v) is 37.6. The van der Waals surface area contributed by atoms with E-state index in [1.54, 1.807) is 0 Å². The second-order valence-corrected chi connectivity index (χ2v) is 18.6. The van der Waals surface area contributed by atoms with Crippen LogP contribution in [0, 0.1) is 0 Å². The fraction of sp³-hybridized carbons (Fsp3) is 0.0312. The van der Waals surface area contributed by atoms with Gasteiger partial charge in [0.1, 0.15) is 0 Å². The molecule has 0 fully saturated rings. The highest BCUT2D eigenvalue weighted by molar-refractivity contribution is 7.26. The van der Waals surface area contributed by atoms with Crippen LogP contribution < -0.4 is 4.90 Å². The molecule has 0 atom stereocenters. The summed E-state index contributed by atoms with van der Waals surface area (Å²) in [6, 6.07) is 82.6. The van der Waals surface area contributed by atoms with Gasteiger partial charge in [-0.3, -0.25) is 0 Å². The summed E-state index contributed by atoms with van der Waals surface area (Å²) in [5, 5.41) is 7.61. The molecule has 2 nitrogen and oxygen atoms in total. The summed E-state index contributed by atoms with van der Waals surface area (Å²) in [4.78, 5) is 2.39. The van der Waals surface area contributed by atoms with Gasteiger partial charge in [-0.1, -0.05) is 170 Å². The minimum absolute atomic E-state index is 1.03. The first-order valence-corrected chi connectivity index (χ1v) is 24.0. The van der Waals surface area contributed by atoms with Crippen molar-refractivity contribution in [1.29, 1.82) is 0 Å². The molecule has 0 saturated heterocycles. The molecule has 0 radical (unpaired) electrons. The minimum Gasteiger partial charge on any atom is -0.311 e. The van der Waals surface area contributed by atoms with Crippen molar-refractivity contribution in [2.24, 2.45) is 0 Å². The van der Waals surface area contributed by atoms with E-state index in [4.69, 9.17) is 0 Å². The third-order valence-corrected chi connectivity index (χ3v) is 14.8. The van der Waals surface area contributed by atoms with E-state index in [-0.39, 0.29) is 0 Å². The van der Waals surface area contributed by atoms with Gasteiger partial charge in [0.15, 0.2) is 0 Å². The van der Waals surface area contributed by atoms with Gasteiger partial charge < -0.3 is 9.47 Å². The Morgan fingerprint density at radius 1 is 0.418 bits per heavy atom. The van der Waals surface area contributed by atoms with E-state index in [1.807, 2.05) is 11.3 Å². The second-order valence-electron chi connectivity index (χ2n) is 17.5. The number of fused-ring (bicyclic) bond motifs is 8. The molecule has 1 aliphatic rings. The average Bonchev–Trinajstić information content (AvgIpc) is 3.95. The first-order valence-electron chi connectivity index (χ1n) is 23.2. The van der Waals surface area contributed by atoms with Crippen LogP contribution in [-0.4, -0.2) is 4.57 Å². The number of para-hydroxylation sites is 1. The highest BCUT2D eigenvalue weighted by Crippen LogP contribution is 2.49. The van der Waals surface area contributed by atoms with Crippen molar-refractivity contribution in [2.75, 3.05) is 4.90 Å². The quantitative estimate of drug-likeness (QED) is 0.148. The van der Waals surface area contributed by atoms with E-state index < -0.39 is 0 Å². The SMILES string of the molecule is C1=CC(N(c2ccc(-c3ccccc3)cc2)c2ccc(-c3ccc4c(c3)c3c5sc6ccc(-c7ccccc7)cc6c5cc(-c5cccc6ccccc56)c3n4-c3ccccc3)cc2)=CCC1. The van der Waals surface area contributed by atoms with Crippen molar-refractivity contribution < 1.29 is 0 Å². The van der Waals surface area contributed by atoms with E-state index >= 15 is 0 Å². The van der Waals surface area contributed by atoms with Crippen LogP contribution in [0.5, 0.6) is 0 Å². The lowest BCUT2D eigenvalue weighted by Gasteiger charge is -2.28. The Bertz CT molecular complexity index is 3870. The average molecular weight is 873 g/mol. The summed E-state index contributed by atoms with van der Waals surface area (Å²) >= 11 is 1.91. The second kappa shape index (κ2) is 16.3. The van der Waals surface area contributed by atoms with Crippen molar-refractivity contribution in [1.82, 2.24) is 4.57 Å². The topological polar surface area (TPSA) is 8.17 Å². The van der Waals surface area contributed by atoms with E-state index in [2.05, 4.69) is 252 Å². The zero-order chi connectivity index (χ0) is 44.3. The molecule has 0 saturated carbocycles. The molecule has 316 valence electrons. The van der Waals surface area contributed by atoms with Crippen LogP contribution >= 0.6 is 11.3 Å². The van der Waals surface area contributed by atoms with Crippen molar-refractivity contribution >= 4 is 75.5 Å². The minimum atomic E-state index is 1.03. The summed E-state index contributed by atoms with van der Waals surface area (Å²) in [6.45, 7) is 0. The van der Waals surface area contributed by atoms with Crippen LogP contribution in [0.4, 0.5) is 11.4 Å². The fourth-order valence-corrected chi connectivity index (χ4v) is 11.6. The Hall–Kier alpha value is -8.24. The zero-order valence-electron chi connectivity index (χ0n) is 36.8. The lowest BCUT2D eigenvalue weighted by atomic mass is 9.93. The largest absolute Gasteiger partial charge is 0.311 e. The van der Waals surface area contributed by atoms with Crippen LogP contribution in [0.15, 0.2) is 248 Å². The molecular formula is C64H44N2S. The summed E-state index contributed by atoms with van der Waals surface area (Å²) in [6.07, 6.45) is 9.01. The smallest absolute Gasteiger partial charge is 0.0634 e. The molecule has 0 amide bonds. The highest BCUT2D eigenvalue weighted by Gasteiger charge is 2.24. The predicted molar refractivity (Wildman–Crippen MR) is 288 cm³/mol. The van der Waals surface area contributed by atoms with Gasteiger partial charge >= 0.3 is 0 Å². The molecule has 0 N–H and O–H groups in total. The summed E-state index contributed by atoms with van der Waals surface area (Å²) in [5.41, 5.74) is 16.8. The molecule has 10 aromatic carbocycles. The van der Waals surface area contributed by atoms with E-state index in [9.17, 15) is 0 Å². The maximum absolute atomic E-state index is 2.51. The first kappa shape index (κ1) is 39.2. The van der Waals surface area contributed by atoms with Crippen molar-refractivity contribution in [3.8, 4) is 50.2 Å². The molecule has 2 heterocycles. The molecule has 3 heteroatoms. The Morgan fingerprint density at radius 3 is 1.70 bits per heavy atom. The van der Waals surface area contributed by atoms with Crippen molar-refractivity contribution in [3.05, 3.63) is 248 Å². The number of nitrogens with zero attached hydrogens (tertiary/aromatic N) is 2. The maximum Gasteiger partial charge on any atom is 0.0634 e. The summed E-state index contributed by atoms with van der Waals surface area (Å²) in [5.74, 6) is 0. The molecule has 0 aliphatic heterocycles. The van der Waals surface area contributed by atoms with E-state index in [1.165, 1.54) is 103 Å². The van der Waals surface area contributed by atoms with E-state index in [0.29, 0.717) is 0 Å². The molecule has 12 aromatic rings. The molecule has 67 heavy (non-hydrogen) atoms.